The number of dihydropyridines is 1. The molecule has 3 aliphatic heterocycles. The highest BCUT2D eigenvalue weighted by atomic mass is 19.1. The molecule has 5 rings (SSSR count). The van der Waals surface area contributed by atoms with Gasteiger partial charge >= 0.3 is 0 Å². The number of methoxy groups -OCH3 is 1. The van der Waals surface area contributed by atoms with Gasteiger partial charge in [-0.25, -0.2) is 20.7 Å². The number of ether oxygens (including phenoxy) is 1. The molecule has 0 spiro atoms. The van der Waals surface area contributed by atoms with Gasteiger partial charge in [0.25, 0.3) is 5.91 Å². The lowest BCUT2D eigenvalue weighted by Crippen LogP contribution is -2.55. The number of amides is 1. The summed E-state index contributed by atoms with van der Waals surface area (Å²) in [5.74, 6) is 6.41. The molecule has 0 bridgehead atoms. The SMILES string of the molecule is COc1cccc(-c2cc(F)ccc2C2CC3=C(C(C)=CN(N)C3)C(NOCC(=O)N3CC(O)C3)=N2)n1. The van der Waals surface area contributed by atoms with Gasteiger partial charge < -0.3 is 19.8 Å². The Kier molecular flexibility index (Phi) is 6.92. The third-order valence-electron chi connectivity index (χ3n) is 6.60. The number of aromatic nitrogens is 1. The van der Waals surface area contributed by atoms with Crippen molar-refractivity contribution in [2.75, 3.05) is 33.4 Å². The van der Waals surface area contributed by atoms with Crippen LogP contribution in [-0.4, -0.2) is 71.2 Å². The van der Waals surface area contributed by atoms with Crippen LogP contribution in [0.15, 0.2) is 64.3 Å². The number of nitrogens with zero attached hydrogens (tertiary/aromatic N) is 4. The van der Waals surface area contributed by atoms with Gasteiger partial charge in [-0.3, -0.25) is 14.6 Å². The molecule has 11 heteroatoms. The lowest BCUT2D eigenvalue weighted by atomic mass is 9.86. The summed E-state index contributed by atoms with van der Waals surface area (Å²) < 4.78 is 19.6. The zero-order valence-electron chi connectivity index (χ0n) is 20.6. The molecule has 0 aliphatic carbocycles. The number of amidine groups is 1. The van der Waals surface area contributed by atoms with Crippen LogP contribution >= 0.6 is 0 Å². The van der Waals surface area contributed by atoms with Crippen molar-refractivity contribution < 1.29 is 23.9 Å². The molecule has 1 unspecified atom stereocenters. The smallest absolute Gasteiger partial charge is 0.251 e. The number of β-amino-alcohol motifs (C(OH)–C–C–N with tert-alkyl or cyclic N) is 1. The van der Waals surface area contributed by atoms with Crippen molar-refractivity contribution in [3.05, 3.63) is 70.7 Å². The van der Waals surface area contributed by atoms with E-state index in [0.29, 0.717) is 49.0 Å². The Hall–Kier alpha value is -3.80. The van der Waals surface area contributed by atoms with Crippen molar-refractivity contribution in [2.45, 2.75) is 25.5 Å². The van der Waals surface area contributed by atoms with Crippen LogP contribution in [0.3, 0.4) is 0 Å². The van der Waals surface area contributed by atoms with Crippen molar-refractivity contribution >= 4 is 11.7 Å². The molecular formula is C26H29FN6O4. The van der Waals surface area contributed by atoms with Gasteiger partial charge in [-0.2, -0.15) is 0 Å². The average Bonchev–Trinajstić information content (AvgIpc) is 2.86. The molecule has 194 valence electrons. The van der Waals surface area contributed by atoms with E-state index in [2.05, 4.69) is 10.5 Å². The van der Waals surface area contributed by atoms with Crippen LogP contribution in [-0.2, 0) is 9.63 Å². The first kappa shape index (κ1) is 24.9. The van der Waals surface area contributed by atoms with E-state index in [1.54, 1.807) is 29.3 Å². The molecule has 1 fully saturated rings. The first-order chi connectivity index (χ1) is 17.8. The molecule has 1 atom stereocenters. The number of pyridine rings is 1. The molecule has 10 nitrogen and oxygen atoms in total. The molecule has 1 aromatic heterocycles. The van der Waals surface area contributed by atoms with Crippen LogP contribution in [0, 0.1) is 5.82 Å². The number of likely N-dealkylation sites (tertiary alicyclic amines) is 1. The normalized spacial score (nSPS) is 19.6. The maximum atomic E-state index is 14.4. The molecule has 1 aromatic carbocycles. The highest BCUT2D eigenvalue weighted by molar-refractivity contribution is 6.03. The van der Waals surface area contributed by atoms with Crippen LogP contribution < -0.4 is 16.1 Å². The number of aliphatic hydroxyl groups excluding tert-OH is 1. The van der Waals surface area contributed by atoms with Crippen LogP contribution in [0.2, 0.25) is 0 Å². The fourth-order valence-corrected chi connectivity index (χ4v) is 4.85. The number of rotatable bonds is 6. The van der Waals surface area contributed by atoms with Crippen LogP contribution in [0.5, 0.6) is 5.88 Å². The number of hydrazine groups is 1. The van der Waals surface area contributed by atoms with Gasteiger partial charge in [0.15, 0.2) is 12.4 Å². The number of hydrogen-bond donors (Lipinski definition) is 3. The van der Waals surface area contributed by atoms with Gasteiger partial charge in [0.05, 0.1) is 31.5 Å². The third kappa shape index (κ3) is 5.19. The van der Waals surface area contributed by atoms with E-state index in [9.17, 15) is 14.3 Å². The van der Waals surface area contributed by atoms with E-state index < -0.39 is 6.10 Å². The Morgan fingerprint density at radius 3 is 2.86 bits per heavy atom. The number of nitrogens with one attached hydrogen (secondary N) is 1. The van der Waals surface area contributed by atoms with Crippen LogP contribution in [0.1, 0.15) is 24.9 Å². The zero-order valence-corrected chi connectivity index (χ0v) is 20.6. The van der Waals surface area contributed by atoms with Gasteiger partial charge in [0.2, 0.25) is 5.88 Å². The number of hydroxylamine groups is 1. The highest BCUT2D eigenvalue weighted by Crippen LogP contribution is 2.39. The highest BCUT2D eigenvalue weighted by Gasteiger charge is 2.32. The number of aliphatic hydroxyl groups is 1. The number of benzene rings is 1. The maximum Gasteiger partial charge on any atom is 0.251 e. The van der Waals surface area contributed by atoms with Gasteiger partial charge in [-0.05, 0) is 48.3 Å². The monoisotopic (exact) mass is 508 g/mol. The van der Waals surface area contributed by atoms with Crippen LogP contribution in [0.25, 0.3) is 11.3 Å². The number of carbonyl (C=O) groups excluding carboxylic acids is 1. The summed E-state index contributed by atoms with van der Waals surface area (Å²) >= 11 is 0. The van der Waals surface area contributed by atoms with E-state index >= 15 is 0 Å². The Labute approximate surface area is 213 Å². The third-order valence-corrected chi connectivity index (χ3v) is 6.60. The number of hydrogen-bond acceptors (Lipinski definition) is 9. The van der Waals surface area contributed by atoms with Gasteiger partial charge in [0.1, 0.15) is 5.82 Å². The molecule has 3 aliphatic rings. The van der Waals surface area contributed by atoms with Gasteiger partial charge in [-0.1, -0.05) is 12.1 Å². The maximum absolute atomic E-state index is 14.4. The van der Waals surface area contributed by atoms with Crippen molar-refractivity contribution in [1.29, 1.82) is 0 Å². The van der Waals surface area contributed by atoms with Gasteiger partial charge in [0, 0.05) is 36.5 Å². The summed E-state index contributed by atoms with van der Waals surface area (Å²) in [6.07, 6.45) is 1.91. The number of carbonyl (C=O) groups is 1. The minimum Gasteiger partial charge on any atom is -0.481 e. The Balaban J connectivity index is 1.46. The molecule has 0 saturated carbocycles. The standard InChI is InChI=1S/C26H29FN6O4/c1-15-10-33(28)11-16-8-22(30-26(25(15)16)31-37-14-24(35)32-12-18(34)13-32)19-7-6-17(27)9-20(19)21-4-3-5-23(29-21)36-2/h3-7,9-10,18,22,34H,8,11-14,28H2,1-2H3,(H,30,31). The minimum absolute atomic E-state index is 0.208. The molecule has 0 radical (unpaired) electrons. The van der Waals surface area contributed by atoms with Crippen molar-refractivity contribution in [1.82, 2.24) is 20.4 Å². The van der Waals surface area contributed by atoms with E-state index in [1.165, 1.54) is 24.1 Å². The molecule has 2 aromatic rings. The lowest BCUT2D eigenvalue weighted by Gasteiger charge is -2.36. The number of aliphatic imine (C=N–C) groups is 1. The number of halogens is 1. The average molecular weight is 509 g/mol. The lowest BCUT2D eigenvalue weighted by molar-refractivity contribution is -0.147. The van der Waals surface area contributed by atoms with Crippen LogP contribution in [0.4, 0.5) is 4.39 Å². The molecule has 1 saturated heterocycles. The topological polar surface area (TPSA) is 126 Å². The van der Waals surface area contributed by atoms with E-state index in [1.807, 2.05) is 13.1 Å². The second kappa shape index (κ2) is 10.3. The summed E-state index contributed by atoms with van der Waals surface area (Å²) in [7, 11) is 1.53. The van der Waals surface area contributed by atoms with Crippen molar-refractivity contribution in [2.24, 2.45) is 10.8 Å². The molecule has 37 heavy (non-hydrogen) atoms. The Bertz CT molecular complexity index is 1300. The quantitative estimate of drug-likeness (QED) is 0.399. The van der Waals surface area contributed by atoms with Crippen molar-refractivity contribution in [3.8, 4) is 17.1 Å². The summed E-state index contributed by atoms with van der Waals surface area (Å²) in [5.41, 5.74) is 7.66. The molecule has 1 amide bonds. The van der Waals surface area contributed by atoms with Crippen molar-refractivity contribution in [3.63, 3.8) is 0 Å². The van der Waals surface area contributed by atoms with E-state index in [0.717, 1.165) is 22.3 Å². The fraction of sp³-hybridized carbons (Fsp3) is 0.346. The van der Waals surface area contributed by atoms with Gasteiger partial charge in [-0.15, -0.1) is 0 Å². The molecule has 4 N–H and O–H groups in total. The summed E-state index contributed by atoms with van der Waals surface area (Å²) in [4.78, 5) is 28.8. The summed E-state index contributed by atoms with van der Waals surface area (Å²) in [6, 6.07) is 9.52. The fourth-order valence-electron chi connectivity index (χ4n) is 4.85. The molecular weight excluding hydrogens is 479 g/mol. The Morgan fingerprint density at radius 2 is 2.11 bits per heavy atom. The Morgan fingerprint density at radius 1 is 1.30 bits per heavy atom. The first-order valence-electron chi connectivity index (χ1n) is 12.0. The number of nitrogens with two attached hydrogens (primary N) is 1. The second-order valence-electron chi connectivity index (χ2n) is 9.30. The summed E-state index contributed by atoms with van der Waals surface area (Å²) in [6.45, 7) is 2.82. The predicted molar refractivity (Wildman–Crippen MR) is 134 cm³/mol. The summed E-state index contributed by atoms with van der Waals surface area (Å²) in [5, 5.41) is 11.0. The first-order valence-corrected chi connectivity index (χ1v) is 12.0. The zero-order chi connectivity index (χ0) is 26.1. The second-order valence-corrected chi connectivity index (χ2v) is 9.30. The predicted octanol–water partition coefficient (Wildman–Crippen LogP) is 1.85. The molecule has 4 heterocycles. The largest absolute Gasteiger partial charge is 0.481 e. The minimum atomic E-state index is -0.480. The van der Waals surface area contributed by atoms with E-state index in [-0.39, 0.29) is 24.4 Å². The van der Waals surface area contributed by atoms with E-state index in [4.69, 9.17) is 20.4 Å².